The van der Waals surface area contributed by atoms with Gasteiger partial charge in [-0.05, 0) is 41.1 Å². The van der Waals surface area contributed by atoms with Crippen molar-refractivity contribution in [1.82, 2.24) is 14.8 Å². The Morgan fingerprint density at radius 2 is 2.11 bits per heavy atom. The second-order valence-corrected chi connectivity index (χ2v) is 8.98. The van der Waals surface area contributed by atoms with Crippen LogP contribution in [0.25, 0.3) is 10.2 Å². The van der Waals surface area contributed by atoms with Gasteiger partial charge in [0.1, 0.15) is 16.5 Å². The number of carbonyl (C=O) groups is 1. The van der Waals surface area contributed by atoms with E-state index in [2.05, 4.69) is 29.4 Å². The molecule has 3 heterocycles. The molecular weight excluding hydrogens is 395 g/mol. The van der Waals surface area contributed by atoms with Crippen LogP contribution in [0.5, 0.6) is 0 Å². The summed E-state index contributed by atoms with van der Waals surface area (Å²) < 4.78 is 16.5. The number of halogens is 1. The molecule has 0 aliphatic carbocycles. The first-order valence-electron chi connectivity index (χ1n) is 8.94. The van der Waals surface area contributed by atoms with E-state index in [4.69, 9.17) is 0 Å². The minimum absolute atomic E-state index is 0.243. The van der Waals surface area contributed by atoms with E-state index in [1.54, 1.807) is 17.4 Å². The van der Waals surface area contributed by atoms with Gasteiger partial charge in [-0.25, -0.2) is 4.39 Å². The first kappa shape index (κ1) is 18.8. The first-order chi connectivity index (χ1) is 13.5. The lowest BCUT2D eigenvalue weighted by molar-refractivity contribution is 0.101. The monoisotopic (exact) mass is 414 g/mol. The fourth-order valence-corrected chi connectivity index (χ4v) is 4.82. The Balaban J connectivity index is 1.61. The molecule has 0 saturated carbocycles. The molecule has 0 aliphatic rings. The van der Waals surface area contributed by atoms with Gasteiger partial charge in [-0.2, -0.15) is 0 Å². The van der Waals surface area contributed by atoms with Crippen molar-refractivity contribution in [2.24, 2.45) is 5.92 Å². The number of carbonyl (C=O) groups excluding carboxylic acids is 1. The van der Waals surface area contributed by atoms with Crippen molar-refractivity contribution in [2.45, 2.75) is 26.8 Å². The topological polar surface area (TPSA) is 59.8 Å². The number of hydrogen-bond donors (Lipinski definition) is 1. The van der Waals surface area contributed by atoms with Crippen LogP contribution in [0.2, 0.25) is 0 Å². The lowest BCUT2D eigenvalue weighted by Crippen LogP contribution is -2.17. The molecule has 4 rings (SSSR count). The Hall–Kier alpha value is -2.58. The van der Waals surface area contributed by atoms with Gasteiger partial charge in [0, 0.05) is 13.0 Å². The third kappa shape index (κ3) is 3.98. The summed E-state index contributed by atoms with van der Waals surface area (Å²) in [6.07, 6.45) is 0.833. The molecule has 3 aromatic heterocycles. The van der Waals surface area contributed by atoms with Crippen molar-refractivity contribution >= 4 is 43.9 Å². The zero-order valence-electron chi connectivity index (χ0n) is 15.5. The van der Waals surface area contributed by atoms with Gasteiger partial charge in [0.15, 0.2) is 0 Å². The Labute approximate surface area is 169 Å². The second kappa shape index (κ2) is 7.81. The number of thiophene rings is 1. The van der Waals surface area contributed by atoms with Crippen LogP contribution in [0, 0.1) is 11.7 Å². The highest BCUT2D eigenvalue weighted by Crippen LogP contribution is 2.27. The normalized spacial score (nSPS) is 11.4. The number of fused-ring (bicyclic) bond motifs is 1. The van der Waals surface area contributed by atoms with Crippen molar-refractivity contribution in [3.63, 3.8) is 0 Å². The van der Waals surface area contributed by atoms with E-state index < -0.39 is 0 Å². The number of nitrogens with zero attached hydrogens (tertiary/aromatic N) is 3. The van der Waals surface area contributed by atoms with Crippen LogP contribution in [-0.2, 0) is 13.0 Å². The highest BCUT2D eigenvalue weighted by atomic mass is 32.1. The molecule has 0 bridgehead atoms. The highest BCUT2D eigenvalue weighted by Gasteiger charge is 2.18. The summed E-state index contributed by atoms with van der Waals surface area (Å²) in [5, 5.41) is 14.5. The van der Waals surface area contributed by atoms with Crippen LogP contribution in [0.3, 0.4) is 0 Å². The summed E-state index contributed by atoms with van der Waals surface area (Å²) in [5.41, 5.74) is 2.27. The largest absolute Gasteiger partial charge is 0.331 e. The van der Waals surface area contributed by atoms with Crippen LogP contribution in [0.4, 0.5) is 9.52 Å². The lowest BCUT2D eigenvalue weighted by Gasteiger charge is -2.10. The number of aromatic nitrogens is 3. The molecule has 0 saturated heterocycles. The molecule has 0 aliphatic heterocycles. The zero-order chi connectivity index (χ0) is 19.7. The standard InChI is InChI=1S/C20H19FN4OS2/c1-12(2)8-18-23-24-20(28-18)22-19(26)16-10-17-15(6-7-27-17)25(16)11-13-4-3-5-14(21)9-13/h3-7,9-10,12H,8,11H2,1-2H3,(H,22,24,26). The molecule has 5 nitrogen and oxygen atoms in total. The van der Waals surface area contributed by atoms with Crippen LogP contribution in [-0.4, -0.2) is 20.7 Å². The van der Waals surface area contributed by atoms with E-state index in [1.165, 1.54) is 23.5 Å². The molecule has 0 unspecified atom stereocenters. The summed E-state index contributed by atoms with van der Waals surface area (Å²) in [5.74, 6) is -0.0531. The molecule has 1 amide bonds. The average Bonchev–Trinajstić information content (AvgIpc) is 3.32. The van der Waals surface area contributed by atoms with E-state index in [0.29, 0.717) is 23.3 Å². The van der Waals surface area contributed by atoms with Crippen LogP contribution < -0.4 is 5.32 Å². The van der Waals surface area contributed by atoms with Crippen molar-refractivity contribution < 1.29 is 9.18 Å². The maximum Gasteiger partial charge on any atom is 0.274 e. The first-order valence-corrected chi connectivity index (χ1v) is 10.6. The molecule has 0 spiro atoms. The molecule has 8 heteroatoms. The number of anilines is 1. The third-order valence-electron chi connectivity index (χ3n) is 4.26. The molecule has 144 valence electrons. The Morgan fingerprint density at radius 3 is 2.89 bits per heavy atom. The number of hydrogen-bond acceptors (Lipinski definition) is 5. The van der Waals surface area contributed by atoms with Gasteiger partial charge in [-0.15, -0.1) is 21.5 Å². The summed E-state index contributed by atoms with van der Waals surface area (Å²) in [7, 11) is 0. The van der Waals surface area contributed by atoms with Crippen molar-refractivity contribution in [1.29, 1.82) is 0 Å². The van der Waals surface area contributed by atoms with Gasteiger partial charge < -0.3 is 4.57 Å². The minimum Gasteiger partial charge on any atom is -0.331 e. The third-order valence-corrected chi connectivity index (χ3v) is 5.97. The Morgan fingerprint density at radius 1 is 1.25 bits per heavy atom. The van der Waals surface area contributed by atoms with E-state index >= 15 is 0 Å². The smallest absolute Gasteiger partial charge is 0.274 e. The molecule has 4 aromatic rings. The Bertz CT molecular complexity index is 1130. The zero-order valence-corrected chi connectivity index (χ0v) is 17.1. The van der Waals surface area contributed by atoms with E-state index in [-0.39, 0.29) is 11.7 Å². The maximum absolute atomic E-state index is 13.6. The molecule has 28 heavy (non-hydrogen) atoms. The van der Waals surface area contributed by atoms with Crippen LogP contribution in [0.15, 0.2) is 41.8 Å². The fraction of sp³-hybridized carbons (Fsp3) is 0.250. The average molecular weight is 415 g/mol. The van der Waals surface area contributed by atoms with E-state index in [9.17, 15) is 9.18 Å². The molecule has 0 fully saturated rings. The van der Waals surface area contributed by atoms with Crippen molar-refractivity contribution in [3.05, 3.63) is 63.9 Å². The van der Waals surface area contributed by atoms with Gasteiger partial charge in [0.25, 0.3) is 5.91 Å². The predicted octanol–water partition coefficient (Wildman–Crippen LogP) is 5.19. The van der Waals surface area contributed by atoms with Gasteiger partial charge in [0.2, 0.25) is 5.13 Å². The van der Waals surface area contributed by atoms with Gasteiger partial charge in [0.05, 0.1) is 10.2 Å². The number of benzene rings is 1. The fourth-order valence-electron chi connectivity index (χ4n) is 3.05. The summed E-state index contributed by atoms with van der Waals surface area (Å²) in [4.78, 5) is 12.9. The maximum atomic E-state index is 13.6. The van der Waals surface area contributed by atoms with Crippen molar-refractivity contribution in [3.8, 4) is 0 Å². The minimum atomic E-state index is -0.288. The van der Waals surface area contributed by atoms with Crippen molar-refractivity contribution in [2.75, 3.05) is 5.32 Å². The second-order valence-electron chi connectivity index (χ2n) is 6.97. The quantitative estimate of drug-likeness (QED) is 0.472. The van der Waals surface area contributed by atoms with Crippen LogP contribution in [0.1, 0.15) is 34.9 Å². The highest BCUT2D eigenvalue weighted by molar-refractivity contribution is 7.17. The number of nitrogens with one attached hydrogen (secondary N) is 1. The summed E-state index contributed by atoms with van der Waals surface area (Å²) in [6.45, 7) is 4.65. The van der Waals surface area contributed by atoms with E-state index in [1.807, 2.05) is 28.1 Å². The van der Waals surface area contributed by atoms with Gasteiger partial charge in [-0.3, -0.25) is 10.1 Å². The molecule has 1 N–H and O–H groups in total. The van der Waals surface area contributed by atoms with Crippen LogP contribution >= 0.6 is 22.7 Å². The summed E-state index contributed by atoms with van der Waals surface area (Å²) >= 11 is 2.96. The predicted molar refractivity (Wildman–Crippen MR) is 112 cm³/mol. The molecular formula is C20H19FN4OS2. The molecule has 0 atom stereocenters. The Kier molecular flexibility index (Phi) is 5.23. The van der Waals surface area contributed by atoms with E-state index in [0.717, 1.165) is 27.2 Å². The van der Waals surface area contributed by atoms with Gasteiger partial charge in [-0.1, -0.05) is 37.3 Å². The number of rotatable bonds is 6. The SMILES string of the molecule is CC(C)Cc1nnc(NC(=O)c2cc3sccc3n2Cc2cccc(F)c2)s1. The lowest BCUT2D eigenvalue weighted by atomic mass is 10.1. The van der Waals surface area contributed by atoms with Gasteiger partial charge >= 0.3 is 0 Å². The molecule has 1 aromatic carbocycles. The summed E-state index contributed by atoms with van der Waals surface area (Å²) in [6, 6.07) is 10.3. The molecule has 0 radical (unpaired) electrons. The number of amides is 1.